The number of methoxy groups -OCH3 is 2. The van der Waals surface area contributed by atoms with Crippen molar-refractivity contribution in [3.63, 3.8) is 0 Å². The van der Waals surface area contributed by atoms with Gasteiger partial charge in [-0.2, -0.15) is 0 Å². The number of urea groups is 1. The molecule has 1 N–H and O–H groups in total. The van der Waals surface area contributed by atoms with Gasteiger partial charge in [0, 0.05) is 18.3 Å². The van der Waals surface area contributed by atoms with Crippen LogP contribution in [0.15, 0.2) is 36.4 Å². The Morgan fingerprint density at radius 1 is 1.06 bits per heavy atom. The number of nitrogens with zero attached hydrogens (tertiary/aromatic N) is 1. The van der Waals surface area contributed by atoms with Gasteiger partial charge >= 0.3 is 12.0 Å². The van der Waals surface area contributed by atoms with Gasteiger partial charge in [0.1, 0.15) is 5.75 Å². The molecule has 0 bridgehead atoms. The van der Waals surface area contributed by atoms with Gasteiger partial charge in [-0.3, -0.25) is 4.79 Å². The minimum absolute atomic E-state index is 0.0363. The summed E-state index contributed by atoms with van der Waals surface area (Å²) in [5.41, 5.74) is 2.49. The molecule has 0 aromatic heterocycles. The van der Waals surface area contributed by atoms with E-state index in [4.69, 9.17) is 18.9 Å². The van der Waals surface area contributed by atoms with Crippen molar-refractivity contribution in [2.75, 3.05) is 39.3 Å². The van der Waals surface area contributed by atoms with E-state index in [2.05, 4.69) is 5.32 Å². The molecule has 2 amide bonds. The van der Waals surface area contributed by atoms with Gasteiger partial charge in [-0.1, -0.05) is 6.07 Å². The van der Waals surface area contributed by atoms with Gasteiger partial charge in [-0.15, -0.1) is 0 Å². The molecule has 32 heavy (non-hydrogen) atoms. The molecule has 2 aromatic carbocycles. The number of fused-ring (bicyclic) bond motifs is 1. The summed E-state index contributed by atoms with van der Waals surface area (Å²) in [6.07, 6.45) is 0.666. The standard InChI is InChI=1S/C24H30N2O6/c1-5-31-21-12-16-10-11-26(24(28)25-17-8-7-9-18(13-17)29-3)20(15-23(27)30-4)19(16)14-22(21)32-6-2/h7-9,12-14,20H,5-6,10-11,15H2,1-4H3,(H,25,28)/t20-/m0/s1. The van der Waals surface area contributed by atoms with Gasteiger partial charge in [0.15, 0.2) is 11.5 Å². The summed E-state index contributed by atoms with van der Waals surface area (Å²) in [5.74, 6) is 1.51. The number of nitrogens with one attached hydrogen (secondary N) is 1. The first-order chi connectivity index (χ1) is 15.5. The highest BCUT2D eigenvalue weighted by atomic mass is 16.5. The van der Waals surface area contributed by atoms with Crippen molar-refractivity contribution in [2.45, 2.75) is 32.7 Å². The lowest BCUT2D eigenvalue weighted by Crippen LogP contribution is -2.43. The average Bonchev–Trinajstić information content (AvgIpc) is 2.80. The van der Waals surface area contributed by atoms with Crippen molar-refractivity contribution in [1.29, 1.82) is 0 Å². The van der Waals surface area contributed by atoms with E-state index in [-0.39, 0.29) is 12.5 Å². The van der Waals surface area contributed by atoms with E-state index in [1.54, 1.807) is 36.3 Å². The average molecular weight is 443 g/mol. The van der Waals surface area contributed by atoms with Crippen molar-refractivity contribution < 1.29 is 28.5 Å². The Balaban J connectivity index is 1.94. The molecule has 0 saturated heterocycles. The third-order valence-electron chi connectivity index (χ3n) is 5.33. The second kappa shape index (κ2) is 10.7. The SMILES string of the molecule is CCOc1cc2c(cc1OCC)[C@H](CC(=O)OC)N(C(=O)Nc1cccc(OC)c1)CC2. The molecule has 0 fully saturated rings. The monoisotopic (exact) mass is 442 g/mol. The number of ether oxygens (including phenoxy) is 4. The van der Waals surface area contributed by atoms with Crippen molar-refractivity contribution in [3.05, 3.63) is 47.5 Å². The minimum atomic E-state index is -0.494. The van der Waals surface area contributed by atoms with E-state index >= 15 is 0 Å². The molecule has 172 valence electrons. The maximum atomic E-state index is 13.2. The predicted octanol–water partition coefficient (Wildman–Crippen LogP) is 4.19. The first-order valence-corrected chi connectivity index (χ1v) is 10.7. The molecule has 1 aliphatic rings. The van der Waals surface area contributed by atoms with Crippen molar-refractivity contribution in [1.82, 2.24) is 4.90 Å². The Bertz CT molecular complexity index is 962. The molecule has 2 aromatic rings. The highest BCUT2D eigenvalue weighted by Gasteiger charge is 2.34. The zero-order chi connectivity index (χ0) is 23.1. The lowest BCUT2D eigenvalue weighted by molar-refractivity contribution is -0.141. The molecule has 8 heteroatoms. The summed E-state index contributed by atoms with van der Waals surface area (Å²) in [4.78, 5) is 27.1. The van der Waals surface area contributed by atoms with Crippen molar-refractivity contribution >= 4 is 17.7 Å². The van der Waals surface area contributed by atoms with Gasteiger partial charge in [0.05, 0.1) is 39.9 Å². The van der Waals surface area contributed by atoms with E-state index in [0.29, 0.717) is 49.1 Å². The summed E-state index contributed by atoms with van der Waals surface area (Å²) in [5, 5.41) is 2.91. The minimum Gasteiger partial charge on any atom is -0.497 e. The van der Waals surface area contributed by atoms with Crippen LogP contribution >= 0.6 is 0 Å². The summed E-state index contributed by atoms with van der Waals surface area (Å²) in [7, 11) is 2.91. The highest BCUT2D eigenvalue weighted by Crippen LogP contribution is 2.40. The molecular weight excluding hydrogens is 412 g/mol. The van der Waals surface area contributed by atoms with Gasteiger partial charge in [0.25, 0.3) is 0 Å². The third-order valence-corrected chi connectivity index (χ3v) is 5.33. The number of hydrogen-bond donors (Lipinski definition) is 1. The van der Waals surface area contributed by atoms with E-state index in [1.807, 2.05) is 26.0 Å². The Morgan fingerprint density at radius 3 is 2.44 bits per heavy atom. The van der Waals surface area contributed by atoms with E-state index in [9.17, 15) is 9.59 Å². The molecule has 1 atom stereocenters. The molecule has 0 saturated carbocycles. The Kier molecular flexibility index (Phi) is 7.81. The van der Waals surface area contributed by atoms with Crippen LogP contribution in [0, 0.1) is 0 Å². The number of rotatable bonds is 8. The molecule has 8 nitrogen and oxygen atoms in total. The van der Waals surface area contributed by atoms with Gasteiger partial charge < -0.3 is 29.2 Å². The molecule has 1 heterocycles. The number of esters is 1. The van der Waals surface area contributed by atoms with Crippen LogP contribution in [-0.4, -0.2) is 50.9 Å². The Hall–Kier alpha value is -3.42. The molecule has 0 aliphatic carbocycles. The zero-order valence-electron chi connectivity index (χ0n) is 19.0. The number of amides is 2. The van der Waals surface area contributed by atoms with E-state index < -0.39 is 12.0 Å². The van der Waals surface area contributed by atoms with Crippen LogP contribution in [0.1, 0.15) is 37.4 Å². The fraction of sp³-hybridized carbons (Fsp3) is 0.417. The second-order valence-corrected chi connectivity index (χ2v) is 7.27. The van der Waals surface area contributed by atoms with E-state index in [0.717, 1.165) is 11.1 Å². The van der Waals surface area contributed by atoms with Crippen LogP contribution < -0.4 is 19.5 Å². The van der Waals surface area contributed by atoms with Gasteiger partial charge in [-0.05, 0) is 55.7 Å². The highest BCUT2D eigenvalue weighted by molar-refractivity contribution is 5.90. The first kappa shape index (κ1) is 23.2. The number of anilines is 1. The first-order valence-electron chi connectivity index (χ1n) is 10.7. The normalized spacial score (nSPS) is 14.9. The van der Waals surface area contributed by atoms with Crippen LogP contribution in [0.4, 0.5) is 10.5 Å². The summed E-state index contributed by atoms with van der Waals surface area (Å²) in [6, 6.07) is 10.2. The smallest absolute Gasteiger partial charge is 0.322 e. The van der Waals surface area contributed by atoms with Crippen LogP contribution in [0.2, 0.25) is 0 Å². The van der Waals surface area contributed by atoms with Gasteiger partial charge in [-0.25, -0.2) is 4.79 Å². The summed E-state index contributed by atoms with van der Waals surface area (Å²) >= 11 is 0. The van der Waals surface area contributed by atoms with Crippen molar-refractivity contribution in [3.8, 4) is 17.2 Å². The Morgan fingerprint density at radius 2 is 1.78 bits per heavy atom. The lowest BCUT2D eigenvalue weighted by Gasteiger charge is -2.37. The summed E-state index contributed by atoms with van der Waals surface area (Å²) in [6.45, 7) is 5.25. The fourth-order valence-corrected chi connectivity index (χ4v) is 3.85. The topological polar surface area (TPSA) is 86.3 Å². The number of benzene rings is 2. The Labute approximate surface area is 188 Å². The third kappa shape index (κ3) is 5.25. The van der Waals surface area contributed by atoms with Crippen LogP contribution in [0.3, 0.4) is 0 Å². The maximum absolute atomic E-state index is 13.2. The number of carbonyl (C=O) groups is 2. The molecule has 0 unspecified atom stereocenters. The largest absolute Gasteiger partial charge is 0.497 e. The molecule has 1 aliphatic heterocycles. The van der Waals surface area contributed by atoms with Crippen LogP contribution in [0.25, 0.3) is 0 Å². The molecular formula is C24H30N2O6. The van der Waals surface area contributed by atoms with Gasteiger partial charge in [0.2, 0.25) is 0 Å². The predicted molar refractivity (Wildman–Crippen MR) is 121 cm³/mol. The van der Waals surface area contributed by atoms with E-state index in [1.165, 1.54) is 7.11 Å². The quantitative estimate of drug-likeness (QED) is 0.617. The number of carbonyl (C=O) groups excluding carboxylic acids is 2. The number of hydrogen-bond acceptors (Lipinski definition) is 6. The fourth-order valence-electron chi connectivity index (χ4n) is 3.85. The lowest BCUT2D eigenvalue weighted by atomic mass is 9.90. The maximum Gasteiger partial charge on any atom is 0.322 e. The second-order valence-electron chi connectivity index (χ2n) is 7.27. The molecule has 3 rings (SSSR count). The van der Waals surface area contributed by atoms with Crippen LogP contribution in [-0.2, 0) is 16.0 Å². The summed E-state index contributed by atoms with van der Waals surface area (Å²) < 4.78 is 21.7. The zero-order valence-corrected chi connectivity index (χ0v) is 19.0. The molecule has 0 radical (unpaired) electrons. The molecule has 0 spiro atoms. The van der Waals surface area contributed by atoms with Crippen molar-refractivity contribution in [2.24, 2.45) is 0 Å². The van der Waals surface area contributed by atoms with Crippen LogP contribution in [0.5, 0.6) is 17.2 Å².